The van der Waals surface area contributed by atoms with Crippen LogP contribution in [-0.4, -0.2) is 12.6 Å². The number of carbonyl (C=O) groups excluding carboxylic acids is 1. The van der Waals surface area contributed by atoms with Crippen molar-refractivity contribution in [1.82, 2.24) is 0 Å². The minimum atomic E-state index is -0.222. The van der Waals surface area contributed by atoms with E-state index < -0.39 is 0 Å². The molecule has 0 saturated heterocycles. The number of hydrogen-bond acceptors (Lipinski definition) is 2. The Kier molecular flexibility index (Phi) is 2.99. The van der Waals surface area contributed by atoms with Gasteiger partial charge in [0.25, 0.3) is 0 Å². The van der Waals surface area contributed by atoms with Gasteiger partial charge in [0.05, 0.1) is 6.61 Å². The van der Waals surface area contributed by atoms with Gasteiger partial charge in [0.15, 0.2) is 0 Å². The summed E-state index contributed by atoms with van der Waals surface area (Å²) in [7, 11) is 0. The van der Waals surface area contributed by atoms with Crippen LogP contribution in [0.5, 0.6) is 0 Å². The fraction of sp³-hybridized carbons (Fsp3) is 0.812. The second kappa shape index (κ2) is 4.40. The molecular weight excluding hydrogens is 224 g/mol. The second-order valence-electron chi connectivity index (χ2n) is 7.08. The van der Waals surface area contributed by atoms with Crippen LogP contribution in [0.4, 0.5) is 0 Å². The molecule has 0 heterocycles. The van der Waals surface area contributed by atoms with E-state index in [0.717, 1.165) is 24.2 Å². The Morgan fingerprint density at radius 1 is 1.17 bits per heavy atom. The van der Waals surface area contributed by atoms with Gasteiger partial charge in [-0.3, -0.25) is 0 Å². The Balaban J connectivity index is 1.56. The Bertz CT molecular complexity index is 334. The van der Waals surface area contributed by atoms with Crippen LogP contribution < -0.4 is 0 Å². The van der Waals surface area contributed by atoms with Crippen LogP contribution in [0.25, 0.3) is 0 Å². The lowest BCUT2D eigenvalue weighted by molar-refractivity contribution is -0.141. The Hall–Kier alpha value is -0.790. The first kappa shape index (κ1) is 12.3. The van der Waals surface area contributed by atoms with Gasteiger partial charge < -0.3 is 4.74 Å². The molecule has 2 nitrogen and oxygen atoms in total. The van der Waals surface area contributed by atoms with E-state index >= 15 is 0 Å². The van der Waals surface area contributed by atoms with E-state index in [1.807, 2.05) is 0 Å². The van der Waals surface area contributed by atoms with Crippen molar-refractivity contribution >= 4 is 5.97 Å². The molecule has 4 rings (SSSR count). The summed E-state index contributed by atoms with van der Waals surface area (Å²) in [6, 6.07) is 0. The largest absolute Gasteiger partial charge is 0.462 e. The molecule has 0 aromatic rings. The molecule has 0 aromatic heterocycles. The Labute approximate surface area is 110 Å². The minimum absolute atomic E-state index is 0.222. The molecule has 4 aliphatic carbocycles. The van der Waals surface area contributed by atoms with Crippen molar-refractivity contribution in [3.05, 3.63) is 12.2 Å². The summed E-state index contributed by atoms with van der Waals surface area (Å²) in [4.78, 5) is 11.4. The third-order valence-corrected chi connectivity index (χ3v) is 5.38. The van der Waals surface area contributed by atoms with Crippen molar-refractivity contribution in [3.8, 4) is 0 Å². The smallest absolute Gasteiger partial charge is 0.333 e. The summed E-state index contributed by atoms with van der Waals surface area (Å²) in [6.07, 6.45) is 9.69. The van der Waals surface area contributed by atoms with E-state index in [-0.39, 0.29) is 5.97 Å². The number of rotatable bonds is 4. The molecule has 0 radical (unpaired) electrons. The molecule has 4 fully saturated rings. The summed E-state index contributed by atoms with van der Waals surface area (Å²) in [5, 5.41) is 0. The Morgan fingerprint density at radius 3 is 2.11 bits per heavy atom. The van der Waals surface area contributed by atoms with Crippen molar-refractivity contribution in [1.29, 1.82) is 0 Å². The predicted molar refractivity (Wildman–Crippen MR) is 71.0 cm³/mol. The molecular formula is C16H24O2. The third-order valence-electron chi connectivity index (χ3n) is 5.38. The van der Waals surface area contributed by atoms with Crippen molar-refractivity contribution in [2.75, 3.05) is 6.61 Å². The average molecular weight is 248 g/mol. The maximum Gasteiger partial charge on any atom is 0.333 e. The van der Waals surface area contributed by atoms with Crippen LogP contribution in [0, 0.1) is 23.2 Å². The van der Waals surface area contributed by atoms with E-state index in [1.165, 1.54) is 38.5 Å². The Morgan fingerprint density at radius 2 is 1.67 bits per heavy atom. The molecule has 0 spiro atoms. The van der Waals surface area contributed by atoms with E-state index in [0.29, 0.717) is 17.6 Å². The molecule has 0 aromatic carbocycles. The van der Waals surface area contributed by atoms with Crippen molar-refractivity contribution in [2.45, 2.75) is 51.9 Å². The van der Waals surface area contributed by atoms with Gasteiger partial charge >= 0.3 is 5.97 Å². The van der Waals surface area contributed by atoms with Gasteiger partial charge in [0.1, 0.15) is 0 Å². The molecule has 0 N–H and O–H groups in total. The standard InChI is InChI=1S/C16H24O2/c1-11(2)15(17)18-4-3-16-8-12-5-13(9-16)7-14(6-12)10-16/h12-14H,1,3-10H2,2H3. The lowest BCUT2D eigenvalue weighted by atomic mass is 9.49. The number of hydrogen-bond donors (Lipinski definition) is 0. The summed E-state index contributed by atoms with van der Waals surface area (Å²) >= 11 is 0. The molecule has 0 unspecified atom stereocenters. The van der Waals surface area contributed by atoms with Crippen LogP contribution >= 0.6 is 0 Å². The topological polar surface area (TPSA) is 26.3 Å². The molecule has 2 heteroatoms. The van der Waals surface area contributed by atoms with Gasteiger partial charge in [0, 0.05) is 5.57 Å². The van der Waals surface area contributed by atoms with Crippen molar-refractivity contribution < 1.29 is 9.53 Å². The molecule has 100 valence electrons. The lowest BCUT2D eigenvalue weighted by Gasteiger charge is -2.57. The highest BCUT2D eigenvalue weighted by atomic mass is 16.5. The van der Waals surface area contributed by atoms with Crippen LogP contribution in [0.15, 0.2) is 12.2 Å². The van der Waals surface area contributed by atoms with Crippen LogP contribution in [0.1, 0.15) is 51.9 Å². The molecule has 4 aliphatic rings. The molecule has 4 bridgehead atoms. The highest BCUT2D eigenvalue weighted by molar-refractivity contribution is 5.86. The predicted octanol–water partition coefficient (Wildman–Crippen LogP) is 3.71. The van der Waals surface area contributed by atoms with E-state index in [2.05, 4.69) is 6.58 Å². The summed E-state index contributed by atoms with van der Waals surface area (Å²) in [5.74, 6) is 2.72. The summed E-state index contributed by atoms with van der Waals surface area (Å²) < 4.78 is 5.30. The van der Waals surface area contributed by atoms with Crippen LogP contribution in [0.2, 0.25) is 0 Å². The minimum Gasteiger partial charge on any atom is -0.462 e. The van der Waals surface area contributed by atoms with E-state index in [4.69, 9.17) is 4.74 Å². The van der Waals surface area contributed by atoms with Gasteiger partial charge in [-0.05, 0) is 75.0 Å². The van der Waals surface area contributed by atoms with Crippen molar-refractivity contribution in [3.63, 3.8) is 0 Å². The fourth-order valence-corrected chi connectivity index (χ4v) is 5.08. The van der Waals surface area contributed by atoms with Crippen LogP contribution in [0.3, 0.4) is 0 Å². The average Bonchev–Trinajstić information content (AvgIpc) is 2.26. The van der Waals surface area contributed by atoms with Crippen LogP contribution in [-0.2, 0) is 9.53 Å². The summed E-state index contributed by atoms with van der Waals surface area (Å²) in [6.45, 7) is 5.94. The van der Waals surface area contributed by atoms with E-state index in [9.17, 15) is 4.79 Å². The maximum atomic E-state index is 11.4. The van der Waals surface area contributed by atoms with Gasteiger partial charge in [-0.25, -0.2) is 4.79 Å². The zero-order valence-corrected chi connectivity index (χ0v) is 11.4. The monoisotopic (exact) mass is 248 g/mol. The first-order chi connectivity index (χ1) is 8.56. The summed E-state index contributed by atoms with van der Waals surface area (Å²) in [5.41, 5.74) is 1.03. The van der Waals surface area contributed by atoms with Crippen molar-refractivity contribution in [2.24, 2.45) is 23.2 Å². The fourth-order valence-electron chi connectivity index (χ4n) is 5.08. The third kappa shape index (κ3) is 2.22. The molecule has 0 amide bonds. The zero-order valence-electron chi connectivity index (χ0n) is 11.4. The first-order valence-electron chi connectivity index (χ1n) is 7.39. The van der Waals surface area contributed by atoms with E-state index in [1.54, 1.807) is 6.92 Å². The number of ether oxygens (including phenoxy) is 1. The second-order valence-corrected chi connectivity index (χ2v) is 7.08. The molecule has 18 heavy (non-hydrogen) atoms. The normalized spacial score (nSPS) is 40.8. The van der Waals surface area contributed by atoms with Gasteiger partial charge in [-0.1, -0.05) is 6.58 Å². The number of esters is 1. The first-order valence-corrected chi connectivity index (χ1v) is 7.39. The number of carbonyl (C=O) groups is 1. The SMILES string of the molecule is C=C(C)C(=O)OCCC12CC3CC(CC(C3)C1)C2. The van der Waals surface area contributed by atoms with Gasteiger partial charge in [0.2, 0.25) is 0 Å². The zero-order chi connectivity index (χ0) is 12.8. The maximum absolute atomic E-state index is 11.4. The molecule has 4 saturated carbocycles. The highest BCUT2D eigenvalue weighted by Crippen LogP contribution is 2.61. The molecule has 0 atom stereocenters. The lowest BCUT2D eigenvalue weighted by Crippen LogP contribution is -2.46. The van der Waals surface area contributed by atoms with Gasteiger partial charge in [-0.15, -0.1) is 0 Å². The molecule has 0 aliphatic heterocycles. The highest BCUT2D eigenvalue weighted by Gasteiger charge is 2.50. The quantitative estimate of drug-likeness (QED) is 0.560. The van der Waals surface area contributed by atoms with Gasteiger partial charge in [-0.2, -0.15) is 0 Å².